The van der Waals surface area contributed by atoms with Gasteiger partial charge in [0.05, 0.1) is 0 Å². The number of hydrogen-bond acceptors (Lipinski definition) is 3. The van der Waals surface area contributed by atoms with Crippen LogP contribution in [-0.4, -0.2) is 51.7 Å². The van der Waals surface area contributed by atoms with Gasteiger partial charge in [0, 0.05) is 12.6 Å². The highest BCUT2D eigenvalue weighted by atomic mass is 15.1. The highest BCUT2D eigenvalue weighted by molar-refractivity contribution is 4.81. The summed E-state index contributed by atoms with van der Waals surface area (Å²) in [6.45, 7) is 3.60. The van der Waals surface area contributed by atoms with E-state index in [0.717, 1.165) is 12.5 Å². The van der Waals surface area contributed by atoms with Crippen molar-refractivity contribution in [2.45, 2.75) is 18.9 Å². The van der Waals surface area contributed by atoms with Crippen molar-refractivity contribution >= 4 is 0 Å². The fraction of sp³-hybridized carbons (Fsp3) is 1.00. The first kappa shape index (κ1) is 11.0. The molecule has 1 rings (SSSR count). The van der Waals surface area contributed by atoms with Crippen molar-refractivity contribution in [3.63, 3.8) is 0 Å². The summed E-state index contributed by atoms with van der Waals surface area (Å²) < 4.78 is 0. The van der Waals surface area contributed by atoms with E-state index in [9.17, 15) is 0 Å². The molecule has 0 saturated carbocycles. The van der Waals surface area contributed by atoms with Crippen LogP contribution in [0.2, 0.25) is 0 Å². The molecule has 0 spiro atoms. The second-order valence-electron chi connectivity index (χ2n) is 4.09. The Bertz CT molecular complexity index is 130. The van der Waals surface area contributed by atoms with Gasteiger partial charge >= 0.3 is 0 Å². The molecule has 0 amide bonds. The van der Waals surface area contributed by atoms with Crippen LogP contribution in [0.25, 0.3) is 0 Å². The second-order valence-corrected chi connectivity index (χ2v) is 4.09. The van der Waals surface area contributed by atoms with E-state index in [0.29, 0.717) is 6.04 Å². The van der Waals surface area contributed by atoms with Crippen LogP contribution in [0.15, 0.2) is 0 Å². The Hall–Kier alpha value is -0.120. The van der Waals surface area contributed by atoms with Crippen LogP contribution in [0.3, 0.4) is 0 Å². The Labute approximate surface area is 81.9 Å². The van der Waals surface area contributed by atoms with Crippen molar-refractivity contribution in [1.82, 2.24) is 15.5 Å². The van der Waals surface area contributed by atoms with Crippen LogP contribution >= 0.6 is 0 Å². The molecule has 0 aromatic carbocycles. The standard InChI is InChI=1S/C10H23N3/c1-11-8-10(12-2)9-4-6-13(3)7-5-9/h9-12H,4-8H2,1-3H3. The molecule has 1 aliphatic rings. The summed E-state index contributed by atoms with van der Waals surface area (Å²) in [5.74, 6) is 0.855. The number of rotatable bonds is 4. The minimum atomic E-state index is 0.652. The summed E-state index contributed by atoms with van der Waals surface area (Å²) in [6.07, 6.45) is 2.67. The molecule has 0 aromatic rings. The lowest BCUT2D eigenvalue weighted by atomic mass is 9.89. The Morgan fingerprint density at radius 1 is 1.31 bits per heavy atom. The summed E-state index contributed by atoms with van der Waals surface area (Å²) in [5, 5.41) is 6.66. The molecule has 3 heteroatoms. The highest BCUT2D eigenvalue weighted by Crippen LogP contribution is 2.19. The van der Waals surface area contributed by atoms with Gasteiger partial charge in [-0.05, 0) is 53.0 Å². The predicted octanol–water partition coefficient (Wildman–Crippen LogP) is 0.136. The summed E-state index contributed by atoms with van der Waals surface area (Å²) in [6, 6.07) is 0.652. The van der Waals surface area contributed by atoms with Crippen LogP contribution in [-0.2, 0) is 0 Å². The lowest BCUT2D eigenvalue weighted by molar-refractivity contribution is 0.187. The zero-order chi connectivity index (χ0) is 9.68. The van der Waals surface area contributed by atoms with E-state index in [1.165, 1.54) is 25.9 Å². The molecule has 0 bridgehead atoms. The molecule has 1 atom stereocenters. The number of likely N-dealkylation sites (N-methyl/N-ethyl adjacent to an activating group) is 2. The molecule has 3 nitrogen and oxygen atoms in total. The van der Waals surface area contributed by atoms with E-state index < -0.39 is 0 Å². The summed E-state index contributed by atoms with van der Waals surface area (Å²) in [5.41, 5.74) is 0. The molecule has 1 heterocycles. The van der Waals surface area contributed by atoms with E-state index in [-0.39, 0.29) is 0 Å². The zero-order valence-corrected chi connectivity index (χ0v) is 9.14. The van der Waals surface area contributed by atoms with Crippen molar-refractivity contribution in [2.24, 2.45) is 5.92 Å². The quantitative estimate of drug-likeness (QED) is 0.652. The first-order valence-electron chi connectivity index (χ1n) is 5.28. The Morgan fingerprint density at radius 2 is 1.92 bits per heavy atom. The molecule has 1 aliphatic heterocycles. The fourth-order valence-electron chi connectivity index (χ4n) is 2.16. The van der Waals surface area contributed by atoms with Crippen LogP contribution in [0.4, 0.5) is 0 Å². The summed E-state index contributed by atoms with van der Waals surface area (Å²) in [7, 11) is 6.31. The average Bonchev–Trinajstić information content (AvgIpc) is 2.16. The molecule has 1 fully saturated rings. The Morgan fingerprint density at radius 3 is 2.38 bits per heavy atom. The normalized spacial score (nSPS) is 23.3. The number of nitrogens with one attached hydrogen (secondary N) is 2. The van der Waals surface area contributed by atoms with E-state index in [2.05, 4.69) is 29.6 Å². The zero-order valence-electron chi connectivity index (χ0n) is 9.14. The molecular weight excluding hydrogens is 162 g/mol. The molecule has 0 radical (unpaired) electrons. The average molecular weight is 185 g/mol. The maximum absolute atomic E-state index is 3.41. The van der Waals surface area contributed by atoms with Crippen molar-refractivity contribution in [1.29, 1.82) is 0 Å². The number of hydrogen-bond donors (Lipinski definition) is 2. The maximum Gasteiger partial charge on any atom is 0.0218 e. The van der Waals surface area contributed by atoms with Gasteiger partial charge in [-0.15, -0.1) is 0 Å². The lowest BCUT2D eigenvalue weighted by Crippen LogP contribution is -2.45. The second kappa shape index (κ2) is 5.58. The van der Waals surface area contributed by atoms with Crippen molar-refractivity contribution in [2.75, 3.05) is 40.8 Å². The van der Waals surface area contributed by atoms with Crippen LogP contribution in [0, 0.1) is 5.92 Å². The van der Waals surface area contributed by atoms with Crippen LogP contribution in [0.1, 0.15) is 12.8 Å². The van der Waals surface area contributed by atoms with Crippen molar-refractivity contribution in [3.05, 3.63) is 0 Å². The molecule has 2 N–H and O–H groups in total. The molecule has 13 heavy (non-hydrogen) atoms. The fourth-order valence-corrected chi connectivity index (χ4v) is 2.16. The van der Waals surface area contributed by atoms with E-state index in [1.54, 1.807) is 0 Å². The van der Waals surface area contributed by atoms with Gasteiger partial charge < -0.3 is 15.5 Å². The maximum atomic E-state index is 3.41. The van der Waals surface area contributed by atoms with Gasteiger partial charge in [-0.2, -0.15) is 0 Å². The minimum Gasteiger partial charge on any atom is -0.318 e. The van der Waals surface area contributed by atoms with Gasteiger partial charge in [0.25, 0.3) is 0 Å². The molecule has 1 unspecified atom stereocenters. The monoisotopic (exact) mass is 185 g/mol. The lowest BCUT2D eigenvalue weighted by Gasteiger charge is -2.34. The van der Waals surface area contributed by atoms with Gasteiger partial charge in [0.2, 0.25) is 0 Å². The first-order chi connectivity index (χ1) is 6.27. The van der Waals surface area contributed by atoms with Gasteiger partial charge in [0.1, 0.15) is 0 Å². The van der Waals surface area contributed by atoms with E-state index in [1.807, 2.05) is 7.05 Å². The molecule has 1 saturated heterocycles. The molecule has 0 aromatic heterocycles. The largest absolute Gasteiger partial charge is 0.318 e. The Balaban J connectivity index is 2.32. The van der Waals surface area contributed by atoms with Crippen molar-refractivity contribution in [3.8, 4) is 0 Å². The molecule has 78 valence electrons. The molecular formula is C10H23N3. The highest BCUT2D eigenvalue weighted by Gasteiger charge is 2.23. The van der Waals surface area contributed by atoms with E-state index in [4.69, 9.17) is 0 Å². The van der Waals surface area contributed by atoms with Gasteiger partial charge in [0.15, 0.2) is 0 Å². The molecule has 0 aliphatic carbocycles. The smallest absolute Gasteiger partial charge is 0.0218 e. The minimum absolute atomic E-state index is 0.652. The Kier molecular flexibility index (Phi) is 4.70. The summed E-state index contributed by atoms with van der Waals surface area (Å²) >= 11 is 0. The van der Waals surface area contributed by atoms with Gasteiger partial charge in [-0.25, -0.2) is 0 Å². The van der Waals surface area contributed by atoms with Crippen LogP contribution in [0.5, 0.6) is 0 Å². The predicted molar refractivity (Wildman–Crippen MR) is 57.0 cm³/mol. The van der Waals surface area contributed by atoms with E-state index >= 15 is 0 Å². The number of nitrogens with zero attached hydrogens (tertiary/aromatic N) is 1. The third-order valence-corrected chi connectivity index (χ3v) is 3.13. The number of piperidine rings is 1. The van der Waals surface area contributed by atoms with Gasteiger partial charge in [-0.1, -0.05) is 0 Å². The van der Waals surface area contributed by atoms with Crippen molar-refractivity contribution < 1.29 is 0 Å². The third-order valence-electron chi connectivity index (χ3n) is 3.13. The first-order valence-corrected chi connectivity index (χ1v) is 5.28. The number of likely N-dealkylation sites (tertiary alicyclic amines) is 1. The third kappa shape index (κ3) is 3.25. The topological polar surface area (TPSA) is 27.3 Å². The SMILES string of the molecule is CNCC(NC)C1CCN(C)CC1. The van der Waals surface area contributed by atoms with Gasteiger partial charge in [-0.3, -0.25) is 0 Å². The van der Waals surface area contributed by atoms with Crippen LogP contribution < -0.4 is 10.6 Å². The summed E-state index contributed by atoms with van der Waals surface area (Å²) in [4.78, 5) is 2.42.